The number of anilines is 2. The van der Waals surface area contributed by atoms with Crippen molar-refractivity contribution in [2.24, 2.45) is 0 Å². The van der Waals surface area contributed by atoms with Gasteiger partial charge in [-0.25, -0.2) is 13.2 Å². The first kappa shape index (κ1) is 21.5. The molecule has 148 valence electrons. The minimum Gasteiger partial charge on any atom is -0.308 e. The zero-order valence-corrected chi connectivity index (χ0v) is 16.5. The molecule has 11 heteroatoms. The summed E-state index contributed by atoms with van der Waals surface area (Å²) in [5, 5.41) is 5.92. The summed E-state index contributed by atoms with van der Waals surface area (Å²) < 4.78 is 62.6. The maximum Gasteiger partial charge on any atom is 0.416 e. The number of amides is 2. The molecule has 0 fully saturated rings. The molecule has 0 unspecified atom stereocenters. The Morgan fingerprint density at radius 2 is 1.96 bits per heavy atom. The number of carbonyl (C=O) groups excluding carboxylic acids is 1. The Morgan fingerprint density at radius 1 is 1.26 bits per heavy atom. The Hall–Kier alpha value is -1.78. The van der Waals surface area contributed by atoms with Crippen molar-refractivity contribution in [3.8, 4) is 0 Å². The molecular weight excluding hydrogens is 425 g/mol. The third kappa shape index (κ3) is 5.60. The summed E-state index contributed by atoms with van der Waals surface area (Å²) in [6.07, 6.45) is -3.36. The Labute approximate surface area is 163 Å². The number of hydrogen-bond acceptors (Lipinski definition) is 4. The molecular formula is C16H16ClF3N2O3S2. The second-order valence-corrected chi connectivity index (χ2v) is 8.91. The Kier molecular flexibility index (Phi) is 6.77. The Morgan fingerprint density at radius 3 is 2.59 bits per heavy atom. The van der Waals surface area contributed by atoms with Crippen LogP contribution in [0.1, 0.15) is 25.3 Å². The minimum atomic E-state index is -4.53. The van der Waals surface area contributed by atoms with E-state index in [1.165, 1.54) is 11.4 Å². The topological polar surface area (TPSA) is 75.3 Å². The van der Waals surface area contributed by atoms with Gasteiger partial charge in [-0.05, 0) is 24.6 Å². The van der Waals surface area contributed by atoms with E-state index in [0.717, 1.165) is 29.5 Å². The van der Waals surface area contributed by atoms with E-state index in [9.17, 15) is 26.4 Å². The van der Waals surface area contributed by atoms with Gasteiger partial charge < -0.3 is 5.32 Å². The number of thiophene rings is 1. The normalized spacial score (nSPS) is 12.0. The van der Waals surface area contributed by atoms with Crippen LogP contribution >= 0.6 is 22.9 Å². The van der Waals surface area contributed by atoms with E-state index in [4.69, 9.17) is 11.6 Å². The van der Waals surface area contributed by atoms with Crippen molar-refractivity contribution in [3.63, 3.8) is 0 Å². The largest absolute Gasteiger partial charge is 0.416 e. The monoisotopic (exact) mass is 440 g/mol. The van der Waals surface area contributed by atoms with Crippen molar-refractivity contribution < 1.29 is 26.4 Å². The van der Waals surface area contributed by atoms with Gasteiger partial charge in [0, 0.05) is 11.1 Å². The molecule has 1 aromatic heterocycles. The molecule has 0 saturated carbocycles. The number of sulfone groups is 1. The van der Waals surface area contributed by atoms with E-state index in [1.54, 1.807) is 0 Å². The molecule has 0 atom stereocenters. The molecule has 2 rings (SSSR count). The quantitative estimate of drug-likeness (QED) is 0.610. The lowest BCUT2D eigenvalue weighted by Crippen LogP contribution is -2.19. The van der Waals surface area contributed by atoms with Crippen LogP contribution in [0.15, 0.2) is 34.5 Å². The molecule has 0 aliphatic carbocycles. The van der Waals surface area contributed by atoms with E-state index in [-0.39, 0.29) is 26.4 Å². The lowest BCUT2D eigenvalue weighted by atomic mass is 10.2. The minimum absolute atomic E-state index is 0.0597. The van der Waals surface area contributed by atoms with E-state index in [2.05, 4.69) is 10.6 Å². The number of alkyl halides is 3. The molecule has 2 N–H and O–H groups in total. The van der Waals surface area contributed by atoms with Crippen LogP contribution in [0.2, 0.25) is 5.02 Å². The summed E-state index contributed by atoms with van der Waals surface area (Å²) in [6, 6.07) is 3.29. The lowest BCUT2D eigenvalue weighted by molar-refractivity contribution is -0.137. The highest BCUT2D eigenvalue weighted by Crippen LogP contribution is 2.37. The zero-order chi connectivity index (χ0) is 20.2. The molecule has 2 amide bonds. The molecule has 27 heavy (non-hydrogen) atoms. The van der Waals surface area contributed by atoms with Crippen LogP contribution in [0, 0.1) is 0 Å². The predicted molar refractivity (Wildman–Crippen MR) is 100 cm³/mol. The van der Waals surface area contributed by atoms with Gasteiger partial charge in [-0.2, -0.15) is 13.2 Å². The molecule has 0 aliphatic heterocycles. The fourth-order valence-corrected chi connectivity index (χ4v) is 5.52. The Balaban J connectivity index is 2.11. The van der Waals surface area contributed by atoms with Crippen molar-refractivity contribution in [2.75, 3.05) is 16.4 Å². The van der Waals surface area contributed by atoms with Gasteiger partial charge in [-0.1, -0.05) is 31.0 Å². The van der Waals surface area contributed by atoms with Crippen LogP contribution in [0.4, 0.5) is 28.7 Å². The number of halogens is 4. The van der Waals surface area contributed by atoms with E-state index >= 15 is 0 Å². The molecule has 0 bridgehead atoms. The number of rotatable bonds is 6. The van der Waals surface area contributed by atoms with Crippen molar-refractivity contribution in [2.45, 2.75) is 30.8 Å². The smallest absolute Gasteiger partial charge is 0.308 e. The van der Waals surface area contributed by atoms with Crippen LogP contribution < -0.4 is 10.6 Å². The molecule has 5 nitrogen and oxygen atoms in total. The Bertz CT molecular complexity index is 927. The van der Waals surface area contributed by atoms with Crippen molar-refractivity contribution >= 4 is 49.5 Å². The average Bonchev–Trinajstić information content (AvgIpc) is 2.94. The number of unbranched alkanes of at least 4 members (excludes halogenated alkanes) is 1. The van der Waals surface area contributed by atoms with Gasteiger partial charge in [0.2, 0.25) is 0 Å². The van der Waals surface area contributed by atoms with Crippen LogP contribution in [0.25, 0.3) is 0 Å². The number of urea groups is 1. The van der Waals surface area contributed by atoms with E-state index in [1.807, 2.05) is 6.92 Å². The summed E-state index contributed by atoms with van der Waals surface area (Å²) >= 11 is 6.98. The van der Waals surface area contributed by atoms with E-state index in [0.29, 0.717) is 12.8 Å². The summed E-state index contributed by atoms with van der Waals surface area (Å²) in [6.45, 7) is 1.86. The highest BCUT2D eigenvalue weighted by Gasteiger charge is 2.30. The summed E-state index contributed by atoms with van der Waals surface area (Å²) in [7, 11) is -3.57. The highest BCUT2D eigenvalue weighted by atomic mass is 35.5. The van der Waals surface area contributed by atoms with Crippen LogP contribution in [-0.2, 0) is 16.0 Å². The fourth-order valence-electron chi connectivity index (χ4n) is 2.11. The first-order chi connectivity index (χ1) is 12.5. The second-order valence-electron chi connectivity index (χ2n) is 5.57. The lowest BCUT2D eigenvalue weighted by Gasteiger charge is -2.10. The molecule has 0 spiro atoms. The summed E-state index contributed by atoms with van der Waals surface area (Å²) in [4.78, 5) is 11.9. The molecule has 0 aliphatic rings. The van der Waals surface area contributed by atoms with Crippen molar-refractivity contribution in [3.05, 3.63) is 40.2 Å². The van der Waals surface area contributed by atoms with Gasteiger partial charge in [-0.3, -0.25) is 5.32 Å². The number of hydrogen-bond donors (Lipinski definition) is 2. The van der Waals surface area contributed by atoms with Gasteiger partial charge in [0.25, 0.3) is 0 Å². The highest BCUT2D eigenvalue weighted by molar-refractivity contribution is 7.91. The van der Waals surface area contributed by atoms with Gasteiger partial charge in [0.05, 0.1) is 21.2 Å². The van der Waals surface area contributed by atoms with Gasteiger partial charge in [0.15, 0.2) is 9.84 Å². The second kappa shape index (κ2) is 8.49. The van der Waals surface area contributed by atoms with Crippen molar-refractivity contribution in [1.82, 2.24) is 0 Å². The van der Waals surface area contributed by atoms with Crippen molar-refractivity contribution in [1.29, 1.82) is 0 Å². The molecule has 0 radical (unpaired) electrons. The first-order valence-electron chi connectivity index (χ1n) is 7.79. The number of carbonyl (C=O) groups is 1. The maximum absolute atomic E-state index is 12.7. The molecule has 1 aromatic carbocycles. The summed E-state index contributed by atoms with van der Waals surface area (Å²) in [5.74, 6) is -0.0597. The van der Waals surface area contributed by atoms with Gasteiger partial charge in [0.1, 0.15) is 5.00 Å². The zero-order valence-electron chi connectivity index (χ0n) is 14.1. The number of nitrogens with one attached hydrogen (secondary N) is 2. The third-order valence-corrected chi connectivity index (χ3v) is 6.96. The van der Waals surface area contributed by atoms with E-state index < -0.39 is 27.6 Å². The SMILES string of the molecule is CCCCS(=O)(=O)c1csc(NC(=O)Nc2cccc(C(F)(F)F)c2)c1Cl. The van der Waals surface area contributed by atoms with Gasteiger partial charge in [-0.15, -0.1) is 11.3 Å². The average molecular weight is 441 g/mol. The van der Waals surface area contributed by atoms with Crippen LogP contribution in [0.3, 0.4) is 0 Å². The van der Waals surface area contributed by atoms with Crippen LogP contribution in [0.5, 0.6) is 0 Å². The predicted octanol–water partition coefficient (Wildman–Crippen LogP) is 5.64. The molecule has 1 heterocycles. The number of benzene rings is 1. The molecule has 2 aromatic rings. The molecule has 0 saturated heterocycles. The van der Waals surface area contributed by atoms with Gasteiger partial charge >= 0.3 is 12.2 Å². The maximum atomic E-state index is 12.7. The fraction of sp³-hybridized carbons (Fsp3) is 0.312. The van der Waals surface area contributed by atoms with Crippen LogP contribution in [-0.4, -0.2) is 20.2 Å². The third-order valence-electron chi connectivity index (χ3n) is 3.48. The summed E-state index contributed by atoms with van der Waals surface area (Å²) in [5.41, 5.74) is -0.968. The standard InChI is InChI=1S/C16H16ClF3N2O3S2/c1-2-3-7-27(24,25)12-9-26-14(13(12)17)22-15(23)21-11-6-4-5-10(8-11)16(18,19)20/h4-6,8-9H,2-3,7H2,1H3,(H2,21,22,23). The first-order valence-corrected chi connectivity index (χ1v) is 10.7.